The average Bonchev–Trinajstić information content (AvgIpc) is 2.67. The Hall–Kier alpha value is -3.42. The minimum Gasteiger partial charge on any atom is -0.348 e. The molecule has 0 atom stereocenters. The number of amides is 1. The maximum absolute atomic E-state index is 13.0. The molecule has 0 aliphatic heterocycles. The van der Waals surface area contributed by atoms with Gasteiger partial charge in [-0.15, -0.1) is 0 Å². The number of hydrogen-bond donors (Lipinski definition) is 2. The Morgan fingerprint density at radius 1 is 1.00 bits per heavy atom. The van der Waals surface area contributed by atoms with E-state index >= 15 is 0 Å². The largest absolute Gasteiger partial charge is 0.418 e. The van der Waals surface area contributed by atoms with Crippen molar-refractivity contribution in [2.24, 2.45) is 0 Å². The monoisotopic (exact) mass is 386 g/mol. The van der Waals surface area contributed by atoms with Crippen LogP contribution in [0.5, 0.6) is 0 Å². The Morgan fingerprint density at radius 3 is 2.29 bits per heavy atom. The van der Waals surface area contributed by atoms with Gasteiger partial charge in [-0.2, -0.15) is 13.2 Å². The predicted molar refractivity (Wildman–Crippen MR) is 99.1 cm³/mol. The number of carbonyl (C=O) groups excluding carboxylic acids is 1. The van der Waals surface area contributed by atoms with Crippen LogP contribution in [0.2, 0.25) is 0 Å². The van der Waals surface area contributed by atoms with E-state index in [1.807, 2.05) is 31.2 Å². The molecule has 1 amide bonds. The standard InChI is InChI=1S/C20H17F3N4O/c1-13-6-8-14(9-7-13)10-24-18(28)15-11-25-19(26-12-15)27-17-5-3-2-4-16(17)20(21,22)23/h2-9,11-12H,10H2,1H3,(H,24,28)(H,25,26,27). The summed E-state index contributed by atoms with van der Waals surface area (Å²) in [7, 11) is 0. The van der Waals surface area contributed by atoms with Gasteiger partial charge in [0.25, 0.3) is 5.91 Å². The van der Waals surface area contributed by atoms with E-state index in [0.717, 1.165) is 17.2 Å². The molecular weight excluding hydrogens is 369 g/mol. The molecule has 0 radical (unpaired) electrons. The molecule has 3 aromatic rings. The van der Waals surface area contributed by atoms with Crippen molar-refractivity contribution in [1.29, 1.82) is 0 Å². The molecule has 1 heterocycles. The van der Waals surface area contributed by atoms with Gasteiger partial charge in [-0.1, -0.05) is 42.0 Å². The van der Waals surface area contributed by atoms with Crippen molar-refractivity contribution in [3.63, 3.8) is 0 Å². The van der Waals surface area contributed by atoms with Crippen molar-refractivity contribution in [3.05, 3.63) is 83.2 Å². The first-order valence-electron chi connectivity index (χ1n) is 8.42. The van der Waals surface area contributed by atoms with E-state index in [1.54, 1.807) is 0 Å². The highest BCUT2D eigenvalue weighted by atomic mass is 19.4. The SMILES string of the molecule is Cc1ccc(CNC(=O)c2cnc(Nc3ccccc3C(F)(F)F)nc2)cc1. The minimum absolute atomic E-state index is 0.0354. The summed E-state index contributed by atoms with van der Waals surface area (Å²) in [6, 6.07) is 12.8. The van der Waals surface area contributed by atoms with Crippen molar-refractivity contribution < 1.29 is 18.0 Å². The lowest BCUT2D eigenvalue weighted by Crippen LogP contribution is -2.23. The summed E-state index contributed by atoms with van der Waals surface area (Å²) in [6.45, 7) is 2.32. The van der Waals surface area contributed by atoms with E-state index in [0.29, 0.717) is 6.54 Å². The van der Waals surface area contributed by atoms with E-state index in [4.69, 9.17) is 0 Å². The van der Waals surface area contributed by atoms with Crippen molar-refractivity contribution in [3.8, 4) is 0 Å². The van der Waals surface area contributed by atoms with Gasteiger partial charge in [-0.25, -0.2) is 9.97 Å². The van der Waals surface area contributed by atoms with Crippen LogP contribution in [-0.2, 0) is 12.7 Å². The molecule has 0 aliphatic rings. The smallest absolute Gasteiger partial charge is 0.348 e. The number of carbonyl (C=O) groups is 1. The number of aryl methyl sites for hydroxylation is 1. The third-order valence-electron chi connectivity index (χ3n) is 3.97. The summed E-state index contributed by atoms with van der Waals surface area (Å²) in [4.78, 5) is 20.0. The normalized spacial score (nSPS) is 11.1. The van der Waals surface area contributed by atoms with E-state index < -0.39 is 11.7 Å². The Bertz CT molecular complexity index is 954. The molecule has 2 aromatic carbocycles. The number of para-hydroxylation sites is 1. The first-order chi connectivity index (χ1) is 13.3. The van der Waals surface area contributed by atoms with Crippen LogP contribution in [0, 0.1) is 6.92 Å². The average molecular weight is 386 g/mol. The van der Waals surface area contributed by atoms with Crippen molar-refractivity contribution in [1.82, 2.24) is 15.3 Å². The summed E-state index contributed by atoms with van der Waals surface area (Å²) in [5.41, 5.74) is 1.30. The van der Waals surface area contributed by atoms with Gasteiger partial charge in [-0.05, 0) is 24.6 Å². The number of rotatable bonds is 5. The molecule has 0 saturated carbocycles. The van der Waals surface area contributed by atoms with Gasteiger partial charge in [0, 0.05) is 18.9 Å². The minimum atomic E-state index is -4.50. The molecular formula is C20H17F3N4O. The van der Waals surface area contributed by atoms with Crippen LogP contribution >= 0.6 is 0 Å². The first kappa shape index (κ1) is 19.3. The van der Waals surface area contributed by atoms with Gasteiger partial charge in [0.2, 0.25) is 5.95 Å². The zero-order valence-electron chi connectivity index (χ0n) is 14.9. The molecule has 1 aromatic heterocycles. The Kier molecular flexibility index (Phi) is 5.58. The lowest BCUT2D eigenvalue weighted by molar-refractivity contribution is -0.136. The molecule has 3 rings (SSSR count). The van der Waals surface area contributed by atoms with Crippen LogP contribution in [-0.4, -0.2) is 15.9 Å². The van der Waals surface area contributed by atoms with E-state index in [-0.39, 0.29) is 23.1 Å². The van der Waals surface area contributed by atoms with E-state index in [9.17, 15) is 18.0 Å². The number of hydrogen-bond acceptors (Lipinski definition) is 4. The highest BCUT2D eigenvalue weighted by Crippen LogP contribution is 2.35. The summed E-state index contributed by atoms with van der Waals surface area (Å²) in [5, 5.41) is 5.28. The van der Waals surface area contributed by atoms with Gasteiger partial charge < -0.3 is 10.6 Å². The zero-order chi connectivity index (χ0) is 20.1. The molecule has 2 N–H and O–H groups in total. The van der Waals surface area contributed by atoms with E-state index in [1.165, 1.54) is 30.6 Å². The molecule has 0 unspecified atom stereocenters. The predicted octanol–water partition coefficient (Wildman–Crippen LogP) is 4.48. The maximum Gasteiger partial charge on any atom is 0.418 e. The van der Waals surface area contributed by atoms with Crippen LogP contribution in [0.1, 0.15) is 27.0 Å². The second-order valence-electron chi connectivity index (χ2n) is 6.13. The Balaban J connectivity index is 1.65. The second-order valence-corrected chi connectivity index (χ2v) is 6.13. The molecule has 0 fully saturated rings. The number of benzene rings is 2. The van der Waals surface area contributed by atoms with Crippen molar-refractivity contribution >= 4 is 17.5 Å². The van der Waals surface area contributed by atoms with Gasteiger partial charge in [0.1, 0.15) is 0 Å². The van der Waals surface area contributed by atoms with Crippen LogP contribution in [0.3, 0.4) is 0 Å². The highest BCUT2D eigenvalue weighted by Gasteiger charge is 2.33. The zero-order valence-corrected chi connectivity index (χ0v) is 14.9. The number of nitrogens with one attached hydrogen (secondary N) is 2. The Labute approximate surface area is 159 Å². The lowest BCUT2D eigenvalue weighted by Gasteiger charge is -2.13. The van der Waals surface area contributed by atoms with Gasteiger partial charge in [-0.3, -0.25) is 4.79 Å². The summed E-state index contributed by atoms with van der Waals surface area (Å²) in [6.07, 6.45) is -1.98. The molecule has 144 valence electrons. The third-order valence-corrected chi connectivity index (χ3v) is 3.97. The molecule has 0 saturated heterocycles. The molecule has 5 nitrogen and oxygen atoms in total. The lowest BCUT2D eigenvalue weighted by atomic mass is 10.1. The number of aromatic nitrogens is 2. The maximum atomic E-state index is 13.0. The molecule has 8 heteroatoms. The van der Waals surface area contributed by atoms with E-state index in [2.05, 4.69) is 20.6 Å². The third kappa shape index (κ3) is 4.85. The molecule has 0 spiro atoms. The second kappa shape index (κ2) is 8.08. The van der Waals surface area contributed by atoms with Crippen LogP contribution in [0.4, 0.5) is 24.8 Å². The number of halogens is 3. The fourth-order valence-electron chi connectivity index (χ4n) is 2.46. The van der Waals surface area contributed by atoms with Gasteiger partial charge in [0.15, 0.2) is 0 Å². The summed E-state index contributed by atoms with van der Waals surface area (Å²) < 4.78 is 39.1. The molecule has 28 heavy (non-hydrogen) atoms. The number of nitrogens with zero attached hydrogens (tertiary/aromatic N) is 2. The fraction of sp³-hybridized carbons (Fsp3) is 0.150. The van der Waals surface area contributed by atoms with Crippen molar-refractivity contribution in [2.75, 3.05) is 5.32 Å². The topological polar surface area (TPSA) is 66.9 Å². The number of alkyl halides is 3. The quantitative estimate of drug-likeness (QED) is 0.679. The summed E-state index contributed by atoms with van der Waals surface area (Å²) in [5.74, 6) is -0.408. The van der Waals surface area contributed by atoms with Crippen LogP contribution < -0.4 is 10.6 Å². The Morgan fingerprint density at radius 2 is 1.64 bits per heavy atom. The fourth-order valence-corrected chi connectivity index (χ4v) is 2.46. The van der Waals surface area contributed by atoms with Gasteiger partial charge in [0.05, 0.1) is 16.8 Å². The summed E-state index contributed by atoms with van der Waals surface area (Å²) >= 11 is 0. The highest BCUT2D eigenvalue weighted by molar-refractivity contribution is 5.93. The van der Waals surface area contributed by atoms with Crippen LogP contribution in [0.25, 0.3) is 0 Å². The molecule has 0 aliphatic carbocycles. The van der Waals surface area contributed by atoms with Crippen molar-refractivity contribution in [2.45, 2.75) is 19.6 Å². The van der Waals surface area contributed by atoms with Gasteiger partial charge >= 0.3 is 6.18 Å². The molecule has 0 bridgehead atoms. The first-order valence-corrected chi connectivity index (χ1v) is 8.42. The number of anilines is 2. The van der Waals surface area contributed by atoms with Crippen LogP contribution in [0.15, 0.2) is 60.9 Å².